The molecule has 0 atom stereocenters. The second kappa shape index (κ2) is 5.57. The number of phenols is 1. The fraction of sp³-hybridized carbons (Fsp3) is 0.188. The molecule has 0 saturated carbocycles. The van der Waals surface area contributed by atoms with E-state index in [1.54, 1.807) is 18.2 Å². The number of benzene rings is 2. The Bertz CT molecular complexity index is 605. The highest BCUT2D eigenvalue weighted by Crippen LogP contribution is 2.20. The third-order valence-electron chi connectivity index (χ3n) is 2.94. The van der Waals surface area contributed by atoms with E-state index in [1.165, 1.54) is 0 Å². The summed E-state index contributed by atoms with van der Waals surface area (Å²) in [6.07, 6.45) is 0.330. The maximum absolute atomic E-state index is 11.9. The zero-order chi connectivity index (χ0) is 13.8. The second-order valence-corrected chi connectivity index (χ2v) is 4.72. The van der Waals surface area contributed by atoms with E-state index in [9.17, 15) is 9.90 Å². The standard InChI is InChI=1S/C16H17NO2/c1-11-4-3-5-13(8-11)9-16(19)17-14-7-6-12(2)15(18)10-14/h3-8,10,18H,9H2,1-2H3,(H,17,19). The minimum absolute atomic E-state index is 0.0890. The number of carbonyl (C=O) groups excluding carboxylic acids is 1. The summed E-state index contributed by atoms with van der Waals surface area (Å²) in [4.78, 5) is 11.9. The van der Waals surface area contributed by atoms with E-state index in [2.05, 4.69) is 5.32 Å². The number of amides is 1. The van der Waals surface area contributed by atoms with E-state index in [0.717, 1.165) is 16.7 Å². The van der Waals surface area contributed by atoms with Crippen LogP contribution in [0.15, 0.2) is 42.5 Å². The fourth-order valence-electron chi connectivity index (χ4n) is 1.90. The number of anilines is 1. The van der Waals surface area contributed by atoms with Crippen molar-refractivity contribution in [3.05, 3.63) is 59.2 Å². The SMILES string of the molecule is Cc1cccc(CC(=O)Nc2ccc(C)c(O)c2)c1. The van der Waals surface area contributed by atoms with Gasteiger partial charge in [0.25, 0.3) is 0 Å². The van der Waals surface area contributed by atoms with Crippen molar-refractivity contribution in [3.63, 3.8) is 0 Å². The number of hydrogen-bond acceptors (Lipinski definition) is 2. The molecule has 2 aromatic rings. The first kappa shape index (κ1) is 13.1. The molecule has 0 spiro atoms. The van der Waals surface area contributed by atoms with Gasteiger partial charge >= 0.3 is 0 Å². The van der Waals surface area contributed by atoms with Gasteiger partial charge < -0.3 is 10.4 Å². The van der Waals surface area contributed by atoms with E-state index >= 15 is 0 Å². The molecule has 2 aromatic carbocycles. The number of rotatable bonds is 3. The molecule has 3 heteroatoms. The predicted octanol–water partition coefficient (Wildman–Crippen LogP) is 3.19. The molecule has 3 nitrogen and oxygen atoms in total. The van der Waals surface area contributed by atoms with Gasteiger partial charge in [-0.05, 0) is 31.0 Å². The number of hydrogen-bond donors (Lipinski definition) is 2. The summed E-state index contributed by atoms with van der Waals surface area (Å²) in [7, 11) is 0. The number of nitrogens with one attached hydrogen (secondary N) is 1. The molecule has 0 aliphatic heterocycles. The molecule has 19 heavy (non-hydrogen) atoms. The van der Waals surface area contributed by atoms with Gasteiger partial charge in [-0.25, -0.2) is 0 Å². The topological polar surface area (TPSA) is 49.3 Å². The first-order valence-electron chi connectivity index (χ1n) is 6.19. The number of aryl methyl sites for hydroxylation is 2. The molecular formula is C16H17NO2. The van der Waals surface area contributed by atoms with Crippen LogP contribution in [0, 0.1) is 13.8 Å². The Hall–Kier alpha value is -2.29. The van der Waals surface area contributed by atoms with Crippen molar-refractivity contribution in [2.45, 2.75) is 20.3 Å². The van der Waals surface area contributed by atoms with Crippen LogP contribution in [0.1, 0.15) is 16.7 Å². The van der Waals surface area contributed by atoms with Crippen molar-refractivity contribution in [2.24, 2.45) is 0 Å². The lowest BCUT2D eigenvalue weighted by Crippen LogP contribution is -2.14. The zero-order valence-electron chi connectivity index (χ0n) is 11.1. The number of carbonyl (C=O) groups is 1. The monoisotopic (exact) mass is 255 g/mol. The minimum Gasteiger partial charge on any atom is -0.508 e. The highest BCUT2D eigenvalue weighted by molar-refractivity contribution is 5.92. The molecule has 2 N–H and O–H groups in total. The van der Waals surface area contributed by atoms with Crippen LogP contribution in [0.5, 0.6) is 5.75 Å². The van der Waals surface area contributed by atoms with E-state index in [1.807, 2.05) is 38.1 Å². The van der Waals surface area contributed by atoms with E-state index in [0.29, 0.717) is 12.1 Å². The molecule has 0 aromatic heterocycles. The Morgan fingerprint density at radius 3 is 2.63 bits per heavy atom. The fourth-order valence-corrected chi connectivity index (χ4v) is 1.90. The highest BCUT2D eigenvalue weighted by Gasteiger charge is 2.05. The molecule has 0 aliphatic carbocycles. The third-order valence-corrected chi connectivity index (χ3v) is 2.94. The summed E-state index contributed by atoms with van der Waals surface area (Å²) >= 11 is 0. The molecule has 0 bridgehead atoms. The van der Waals surface area contributed by atoms with Gasteiger partial charge in [-0.3, -0.25) is 4.79 Å². The molecule has 98 valence electrons. The Kier molecular flexibility index (Phi) is 3.85. The maximum atomic E-state index is 11.9. The predicted molar refractivity (Wildman–Crippen MR) is 76.4 cm³/mol. The van der Waals surface area contributed by atoms with Crippen molar-refractivity contribution in [3.8, 4) is 5.75 Å². The zero-order valence-corrected chi connectivity index (χ0v) is 11.1. The Labute approximate surface area is 112 Å². The van der Waals surface area contributed by atoms with Gasteiger partial charge in [-0.15, -0.1) is 0 Å². The van der Waals surface area contributed by atoms with Crippen LogP contribution in [0.2, 0.25) is 0 Å². The van der Waals surface area contributed by atoms with Crippen molar-refractivity contribution >= 4 is 11.6 Å². The average molecular weight is 255 g/mol. The van der Waals surface area contributed by atoms with Gasteiger partial charge in [0.1, 0.15) is 5.75 Å². The highest BCUT2D eigenvalue weighted by atomic mass is 16.3. The van der Waals surface area contributed by atoms with Gasteiger partial charge in [0.2, 0.25) is 5.91 Å². The Balaban J connectivity index is 2.03. The van der Waals surface area contributed by atoms with Crippen LogP contribution in [0.3, 0.4) is 0 Å². The van der Waals surface area contributed by atoms with Gasteiger partial charge in [-0.2, -0.15) is 0 Å². The van der Waals surface area contributed by atoms with Crippen LogP contribution in [0.25, 0.3) is 0 Å². The summed E-state index contributed by atoms with van der Waals surface area (Å²) in [5.74, 6) is 0.0993. The molecule has 0 unspecified atom stereocenters. The lowest BCUT2D eigenvalue weighted by atomic mass is 10.1. The van der Waals surface area contributed by atoms with Gasteiger partial charge in [0.15, 0.2) is 0 Å². The van der Waals surface area contributed by atoms with Crippen molar-refractivity contribution in [1.82, 2.24) is 0 Å². The average Bonchev–Trinajstić information content (AvgIpc) is 2.34. The lowest BCUT2D eigenvalue weighted by molar-refractivity contribution is -0.115. The summed E-state index contributed by atoms with van der Waals surface area (Å²) < 4.78 is 0. The second-order valence-electron chi connectivity index (χ2n) is 4.72. The first-order chi connectivity index (χ1) is 9.04. The summed E-state index contributed by atoms with van der Waals surface area (Å²) in [5, 5.41) is 12.4. The van der Waals surface area contributed by atoms with Crippen LogP contribution in [-0.2, 0) is 11.2 Å². The molecule has 0 radical (unpaired) electrons. The first-order valence-corrected chi connectivity index (χ1v) is 6.19. The summed E-state index contributed by atoms with van der Waals surface area (Å²) in [6, 6.07) is 13.0. The maximum Gasteiger partial charge on any atom is 0.228 e. The molecular weight excluding hydrogens is 238 g/mol. The third kappa shape index (κ3) is 3.58. The van der Waals surface area contributed by atoms with Crippen LogP contribution < -0.4 is 5.32 Å². The molecule has 0 saturated heterocycles. The smallest absolute Gasteiger partial charge is 0.228 e. The molecule has 0 fully saturated rings. The Morgan fingerprint density at radius 2 is 1.95 bits per heavy atom. The van der Waals surface area contributed by atoms with Crippen LogP contribution >= 0.6 is 0 Å². The summed E-state index contributed by atoms with van der Waals surface area (Å²) in [6.45, 7) is 3.81. The molecule has 0 heterocycles. The molecule has 0 aliphatic rings. The van der Waals surface area contributed by atoms with Crippen LogP contribution in [0.4, 0.5) is 5.69 Å². The summed E-state index contributed by atoms with van der Waals surface area (Å²) in [5.41, 5.74) is 3.52. The quantitative estimate of drug-likeness (QED) is 0.885. The van der Waals surface area contributed by atoms with Gasteiger partial charge in [-0.1, -0.05) is 35.9 Å². The van der Waals surface area contributed by atoms with E-state index in [-0.39, 0.29) is 11.7 Å². The Morgan fingerprint density at radius 1 is 1.16 bits per heavy atom. The van der Waals surface area contributed by atoms with Crippen molar-refractivity contribution in [1.29, 1.82) is 0 Å². The molecule has 1 amide bonds. The van der Waals surface area contributed by atoms with Gasteiger partial charge in [0, 0.05) is 11.8 Å². The van der Waals surface area contributed by atoms with E-state index < -0.39 is 0 Å². The lowest BCUT2D eigenvalue weighted by Gasteiger charge is -2.07. The van der Waals surface area contributed by atoms with Crippen molar-refractivity contribution < 1.29 is 9.90 Å². The van der Waals surface area contributed by atoms with E-state index in [4.69, 9.17) is 0 Å². The number of aromatic hydroxyl groups is 1. The van der Waals surface area contributed by atoms with Gasteiger partial charge in [0.05, 0.1) is 6.42 Å². The van der Waals surface area contributed by atoms with Crippen LogP contribution in [-0.4, -0.2) is 11.0 Å². The normalized spacial score (nSPS) is 10.2. The minimum atomic E-state index is -0.0890. The van der Waals surface area contributed by atoms with Crippen molar-refractivity contribution in [2.75, 3.05) is 5.32 Å². The molecule has 2 rings (SSSR count). The number of phenolic OH excluding ortho intramolecular Hbond substituents is 1. The largest absolute Gasteiger partial charge is 0.508 e.